The van der Waals surface area contributed by atoms with Crippen molar-refractivity contribution >= 4 is 0 Å². The second-order valence-corrected chi connectivity index (χ2v) is 6.82. The van der Waals surface area contributed by atoms with Crippen LogP contribution >= 0.6 is 0 Å². The Labute approximate surface area is 159 Å². The average molecular weight is 361 g/mol. The molecule has 27 heavy (non-hydrogen) atoms. The summed E-state index contributed by atoms with van der Waals surface area (Å²) in [6, 6.07) is 9.84. The molecule has 3 heterocycles. The third kappa shape index (κ3) is 4.11. The van der Waals surface area contributed by atoms with E-state index in [2.05, 4.69) is 24.8 Å². The number of hydrogen-bond acceptors (Lipinski definition) is 6. The molecular weight excluding hydrogens is 338 g/mol. The van der Waals surface area contributed by atoms with Gasteiger partial charge in [0.05, 0.1) is 12.7 Å². The molecule has 4 rings (SSSR count). The van der Waals surface area contributed by atoms with Crippen molar-refractivity contribution in [3.63, 3.8) is 0 Å². The van der Waals surface area contributed by atoms with Gasteiger partial charge in [-0.1, -0.05) is 12.1 Å². The average Bonchev–Trinajstić information content (AvgIpc) is 2.75. The highest BCUT2D eigenvalue weighted by Crippen LogP contribution is 2.28. The molecule has 6 heteroatoms. The Morgan fingerprint density at radius 2 is 1.96 bits per heavy atom. The second kappa shape index (κ2) is 8.22. The van der Waals surface area contributed by atoms with Crippen molar-refractivity contribution in [2.75, 3.05) is 20.2 Å². The van der Waals surface area contributed by atoms with Crippen LogP contribution in [-0.4, -0.2) is 45.0 Å². The number of likely N-dealkylation sites (tertiary alicyclic amines) is 1. The molecule has 1 fully saturated rings. The molecule has 0 spiro atoms. The maximum absolute atomic E-state index is 5.41. The zero-order valence-electron chi connectivity index (χ0n) is 15.5. The van der Waals surface area contributed by atoms with Gasteiger partial charge < -0.3 is 4.74 Å². The number of aromatic nitrogens is 4. The van der Waals surface area contributed by atoms with E-state index >= 15 is 0 Å². The van der Waals surface area contributed by atoms with E-state index in [0.717, 1.165) is 42.2 Å². The number of methoxy groups -OCH3 is 1. The van der Waals surface area contributed by atoms with Crippen LogP contribution in [0.2, 0.25) is 0 Å². The fourth-order valence-corrected chi connectivity index (χ4v) is 3.65. The predicted octanol–water partition coefficient (Wildman–Crippen LogP) is 3.32. The fraction of sp³-hybridized carbons (Fsp3) is 0.333. The van der Waals surface area contributed by atoms with Crippen molar-refractivity contribution in [3.05, 3.63) is 66.5 Å². The minimum absolute atomic E-state index is 0.468. The van der Waals surface area contributed by atoms with Gasteiger partial charge in [0.2, 0.25) is 0 Å². The Morgan fingerprint density at radius 3 is 2.74 bits per heavy atom. The normalized spacial score (nSPS) is 17.6. The highest BCUT2D eigenvalue weighted by atomic mass is 16.5. The van der Waals surface area contributed by atoms with Gasteiger partial charge in [-0.2, -0.15) is 0 Å². The summed E-state index contributed by atoms with van der Waals surface area (Å²) < 4.78 is 5.41. The SMILES string of the molecule is COc1ccccc1-c1ncc(CN2CCCC(c3ccncn3)C2)cn1. The first kappa shape index (κ1) is 17.5. The Morgan fingerprint density at radius 1 is 1.11 bits per heavy atom. The van der Waals surface area contributed by atoms with Crippen molar-refractivity contribution in [1.29, 1.82) is 0 Å². The molecule has 1 atom stereocenters. The van der Waals surface area contributed by atoms with Gasteiger partial charge in [0.1, 0.15) is 12.1 Å². The van der Waals surface area contributed by atoms with E-state index < -0.39 is 0 Å². The van der Waals surface area contributed by atoms with Crippen LogP contribution in [-0.2, 0) is 6.54 Å². The molecule has 1 aliphatic heterocycles. The molecule has 0 radical (unpaired) electrons. The van der Waals surface area contributed by atoms with Gasteiger partial charge in [0.25, 0.3) is 0 Å². The summed E-state index contributed by atoms with van der Waals surface area (Å²) in [5, 5.41) is 0. The molecule has 1 aromatic carbocycles. The van der Waals surface area contributed by atoms with Crippen LogP contribution in [0.4, 0.5) is 0 Å². The summed E-state index contributed by atoms with van der Waals surface area (Å²) in [6.07, 6.45) is 9.65. The fourth-order valence-electron chi connectivity index (χ4n) is 3.65. The largest absolute Gasteiger partial charge is 0.496 e. The summed E-state index contributed by atoms with van der Waals surface area (Å²) in [5.74, 6) is 1.94. The van der Waals surface area contributed by atoms with Crippen LogP contribution in [0.3, 0.4) is 0 Å². The van der Waals surface area contributed by atoms with Gasteiger partial charge in [0.15, 0.2) is 5.82 Å². The molecule has 2 aromatic heterocycles. The zero-order valence-corrected chi connectivity index (χ0v) is 15.5. The first-order chi connectivity index (χ1) is 13.3. The molecular formula is C21H23N5O. The number of nitrogens with zero attached hydrogens (tertiary/aromatic N) is 5. The van der Waals surface area contributed by atoms with Gasteiger partial charge in [-0.25, -0.2) is 19.9 Å². The van der Waals surface area contributed by atoms with Gasteiger partial charge in [0, 0.05) is 48.9 Å². The summed E-state index contributed by atoms with van der Waals surface area (Å²) in [7, 11) is 1.66. The number of piperidine rings is 1. The molecule has 138 valence electrons. The van der Waals surface area contributed by atoms with Crippen LogP contribution in [0.1, 0.15) is 30.0 Å². The summed E-state index contributed by atoms with van der Waals surface area (Å²) in [4.78, 5) is 20.0. The first-order valence-electron chi connectivity index (χ1n) is 9.26. The molecule has 6 nitrogen and oxygen atoms in total. The number of rotatable bonds is 5. The Balaban J connectivity index is 1.44. The van der Waals surface area contributed by atoms with Crippen molar-refractivity contribution in [3.8, 4) is 17.1 Å². The molecule has 3 aromatic rings. The number of para-hydroxylation sites is 1. The van der Waals surface area contributed by atoms with Crippen molar-refractivity contribution in [1.82, 2.24) is 24.8 Å². The first-order valence-corrected chi connectivity index (χ1v) is 9.26. The summed E-state index contributed by atoms with van der Waals surface area (Å²) in [5.41, 5.74) is 3.17. The molecule has 0 N–H and O–H groups in total. The molecule has 0 amide bonds. The van der Waals surface area contributed by atoms with Gasteiger partial charge in [-0.15, -0.1) is 0 Å². The van der Waals surface area contributed by atoms with E-state index in [0.29, 0.717) is 11.7 Å². The van der Waals surface area contributed by atoms with E-state index in [1.807, 2.05) is 48.9 Å². The van der Waals surface area contributed by atoms with Crippen molar-refractivity contribution < 1.29 is 4.74 Å². The lowest BCUT2D eigenvalue weighted by molar-refractivity contribution is 0.198. The maximum Gasteiger partial charge on any atom is 0.162 e. The lowest BCUT2D eigenvalue weighted by Gasteiger charge is -2.32. The Hall–Kier alpha value is -2.86. The van der Waals surface area contributed by atoms with Gasteiger partial charge in [-0.3, -0.25) is 4.90 Å². The molecule has 1 aliphatic rings. The van der Waals surface area contributed by atoms with Gasteiger partial charge >= 0.3 is 0 Å². The molecule has 1 unspecified atom stereocenters. The van der Waals surface area contributed by atoms with Crippen molar-refractivity contribution in [2.45, 2.75) is 25.3 Å². The third-order valence-electron chi connectivity index (χ3n) is 4.99. The van der Waals surface area contributed by atoms with Crippen LogP contribution in [0.25, 0.3) is 11.4 Å². The predicted molar refractivity (Wildman–Crippen MR) is 103 cm³/mol. The molecule has 1 saturated heterocycles. The smallest absolute Gasteiger partial charge is 0.162 e. The number of ether oxygens (including phenoxy) is 1. The molecule has 0 saturated carbocycles. The molecule has 0 aliphatic carbocycles. The standard InChI is InChI=1S/C21H23N5O/c1-27-20-7-3-2-6-18(20)21-23-11-16(12-24-21)13-26-10-4-5-17(14-26)19-8-9-22-15-25-19/h2-3,6-9,11-12,15,17H,4-5,10,13-14H2,1H3. The van der Waals surface area contributed by atoms with Crippen LogP contribution in [0.5, 0.6) is 5.75 Å². The van der Waals surface area contributed by atoms with Crippen LogP contribution in [0, 0.1) is 0 Å². The van der Waals surface area contributed by atoms with E-state index in [1.54, 1.807) is 13.4 Å². The number of hydrogen-bond donors (Lipinski definition) is 0. The van der Waals surface area contributed by atoms with E-state index in [-0.39, 0.29) is 0 Å². The summed E-state index contributed by atoms with van der Waals surface area (Å²) in [6.45, 7) is 2.95. The highest BCUT2D eigenvalue weighted by molar-refractivity contribution is 5.63. The lowest BCUT2D eigenvalue weighted by atomic mass is 9.94. The molecule has 0 bridgehead atoms. The number of benzene rings is 1. The van der Waals surface area contributed by atoms with Crippen molar-refractivity contribution in [2.24, 2.45) is 0 Å². The van der Waals surface area contributed by atoms with Gasteiger partial charge in [-0.05, 0) is 37.6 Å². The summed E-state index contributed by atoms with van der Waals surface area (Å²) >= 11 is 0. The van der Waals surface area contributed by atoms with E-state index in [1.165, 1.54) is 12.8 Å². The van der Waals surface area contributed by atoms with Crippen LogP contribution < -0.4 is 4.74 Å². The minimum atomic E-state index is 0.468. The van der Waals surface area contributed by atoms with Crippen LogP contribution in [0.15, 0.2) is 55.2 Å². The van der Waals surface area contributed by atoms with E-state index in [9.17, 15) is 0 Å². The maximum atomic E-state index is 5.41. The topological polar surface area (TPSA) is 64.0 Å². The quantitative estimate of drug-likeness (QED) is 0.695. The minimum Gasteiger partial charge on any atom is -0.496 e. The Kier molecular flexibility index (Phi) is 5.34. The lowest BCUT2D eigenvalue weighted by Crippen LogP contribution is -2.34. The third-order valence-corrected chi connectivity index (χ3v) is 4.99. The zero-order chi connectivity index (χ0) is 18.5. The highest BCUT2D eigenvalue weighted by Gasteiger charge is 2.22. The second-order valence-electron chi connectivity index (χ2n) is 6.82. The Bertz CT molecular complexity index is 869. The monoisotopic (exact) mass is 361 g/mol. The van der Waals surface area contributed by atoms with E-state index in [4.69, 9.17) is 4.74 Å².